The van der Waals surface area contributed by atoms with E-state index < -0.39 is 17.5 Å². The fourth-order valence-corrected chi connectivity index (χ4v) is 3.05. The molecule has 1 aromatic carbocycles. The maximum Gasteiger partial charge on any atom is 0.272 e. The molecule has 1 aromatic rings. The van der Waals surface area contributed by atoms with Gasteiger partial charge in [0.2, 0.25) is 0 Å². The minimum Gasteiger partial charge on any atom is -0.358 e. The Morgan fingerprint density at radius 3 is 2.65 bits per heavy atom. The van der Waals surface area contributed by atoms with E-state index in [9.17, 15) is 13.6 Å². The fourth-order valence-electron chi connectivity index (χ4n) is 2.84. The van der Waals surface area contributed by atoms with Gasteiger partial charge in [0, 0.05) is 12.1 Å². The highest BCUT2D eigenvalue weighted by Crippen LogP contribution is 2.29. The first-order valence-corrected chi connectivity index (χ1v) is 8.11. The van der Waals surface area contributed by atoms with Gasteiger partial charge in [-0.05, 0) is 42.6 Å². The van der Waals surface area contributed by atoms with Gasteiger partial charge in [0.05, 0.1) is 5.56 Å². The molecule has 1 saturated carbocycles. The van der Waals surface area contributed by atoms with Crippen molar-refractivity contribution in [2.45, 2.75) is 39.2 Å². The Morgan fingerprint density at radius 2 is 1.96 bits per heavy atom. The number of carbonyl (C=O) groups excluding carboxylic acids is 1. The number of hydrogen-bond donors (Lipinski definition) is 3. The number of rotatable bonds is 2. The van der Waals surface area contributed by atoms with Gasteiger partial charge in [0.25, 0.3) is 5.91 Å². The van der Waals surface area contributed by atoms with Gasteiger partial charge in [-0.1, -0.05) is 26.7 Å². The second kappa shape index (κ2) is 7.68. The van der Waals surface area contributed by atoms with E-state index in [1.54, 1.807) is 0 Å². The molecule has 1 amide bonds. The van der Waals surface area contributed by atoms with E-state index in [0.29, 0.717) is 17.9 Å². The zero-order valence-electron chi connectivity index (χ0n) is 13.2. The minimum atomic E-state index is -0.919. The van der Waals surface area contributed by atoms with Crippen LogP contribution in [0, 0.1) is 23.5 Å². The molecule has 4 nitrogen and oxygen atoms in total. The van der Waals surface area contributed by atoms with Crippen molar-refractivity contribution in [1.82, 2.24) is 16.2 Å². The molecule has 7 heteroatoms. The van der Waals surface area contributed by atoms with Crippen LogP contribution in [0.5, 0.6) is 0 Å². The van der Waals surface area contributed by atoms with E-state index >= 15 is 0 Å². The van der Waals surface area contributed by atoms with E-state index in [-0.39, 0.29) is 16.7 Å². The summed E-state index contributed by atoms with van der Waals surface area (Å²) in [5.41, 5.74) is 4.64. The van der Waals surface area contributed by atoms with Crippen molar-refractivity contribution in [3.05, 3.63) is 35.4 Å². The number of halogens is 2. The second-order valence-corrected chi connectivity index (χ2v) is 6.46. The summed E-state index contributed by atoms with van der Waals surface area (Å²) in [6.45, 7) is 4.39. The monoisotopic (exact) mass is 341 g/mol. The number of thiocarbonyl (C=S) groups is 1. The summed E-state index contributed by atoms with van der Waals surface area (Å²) in [4.78, 5) is 11.9. The van der Waals surface area contributed by atoms with Gasteiger partial charge in [-0.15, -0.1) is 0 Å². The first-order chi connectivity index (χ1) is 10.9. The maximum atomic E-state index is 13.5. The molecule has 1 aliphatic carbocycles. The molecular weight excluding hydrogens is 320 g/mol. The summed E-state index contributed by atoms with van der Waals surface area (Å²) in [6.07, 6.45) is 3.37. The van der Waals surface area contributed by atoms with Crippen LogP contribution in [0.4, 0.5) is 8.78 Å². The largest absolute Gasteiger partial charge is 0.358 e. The van der Waals surface area contributed by atoms with E-state index in [2.05, 4.69) is 30.0 Å². The van der Waals surface area contributed by atoms with Crippen LogP contribution in [0.2, 0.25) is 0 Å². The Kier molecular flexibility index (Phi) is 5.87. The summed E-state index contributed by atoms with van der Waals surface area (Å²) >= 11 is 5.16. The number of hydrogen-bond acceptors (Lipinski definition) is 2. The molecule has 0 heterocycles. The molecule has 126 valence electrons. The molecular formula is C16H21F2N3OS. The van der Waals surface area contributed by atoms with Crippen molar-refractivity contribution < 1.29 is 13.6 Å². The normalized spacial score (nSPS) is 23.9. The van der Waals surface area contributed by atoms with Crippen LogP contribution in [0.25, 0.3) is 0 Å². The zero-order valence-corrected chi connectivity index (χ0v) is 14.0. The number of amides is 1. The Morgan fingerprint density at radius 1 is 1.22 bits per heavy atom. The van der Waals surface area contributed by atoms with Crippen molar-refractivity contribution in [3.63, 3.8) is 0 Å². The van der Waals surface area contributed by atoms with Gasteiger partial charge in [0.1, 0.15) is 11.6 Å². The molecule has 0 unspecified atom stereocenters. The fraction of sp³-hybridized carbons (Fsp3) is 0.500. The lowest BCUT2D eigenvalue weighted by molar-refractivity contribution is 0.0939. The average Bonchev–Trinajstić information content (AvgIpc) is 2.49. The van der Waals surface area contributed by atoms with Crippen LogP contribution < -0.4 is 16.2 Å². The lowest BCUT2D eigenvalue weighted by Gasteiger charge is -2.35. The third-order valence-electron chi connectivity index (χ3n) is 4.49. The van der Waals surface area contributed by atoms with E-state index in [1.807, 2.05) is 0 Å². The van der Waals surface area contributed by atoms with Gasteiger partial charge in [-0.25, -0.2) is 8.78 Å². The van der Waals surface area contributed by atoms with Crippen LogP contribution in [-0.2, 0) is 0 Å². The molecule has 1 fully saturated rings. The van der Waals surface area contributed by atoms with Crippen LogP contribution in [-0.4, -0.2) is 17.1 Å². The van der Waals surface area contributed by atoms with E-state index in [4.69, 9.17) is 12.2 Å². The standard InChI is InChI=1S/C16H21F2N3OS/c1-9-4-3-5-14(10(9)2)19-16(23)21-20-15(22)12-7-6-11(17)8-13(12)18/h6-10,14H,3-5H2,1-2H3,(H,20,22)(H2,19,21,23)/t9-,10-,14-/m1/s1. The third-order valence-corrected chi connectivity index (χ3v) is 4.71. The molecule has 3 atom stereocenters. The highest BCUT2D eigenvalue weighted by Gasteiger charge is 2.27. The SMILES string of the molecule is C[C@@H]1[C@H](C)CCC[C@H]1NC(=S)NNC(=O)c1ccc(F)cc1F. The van der Waals surface area contributed by atoms with Crippen molar-refractivity contribution in [2.75, 3.05) is 0 Å². The molecule has 0 spiro atoms. The smallest absolute Gasteiger partial charge is 0.272 e. The van der Waals surface area contributed by atoms with Gasteiger partial charge in [-0.3, -0.25) is 15.6 Å². The van der Waals surface area contributed by atoms with Crippen molar-refractivity contribution in [1.29, 1.82) is 0 Å². The van der Waals surface area contributed by atoms with Crippen LogP contribution in [0.1, 0.15) is 43.5 Å². The molecule has 3 N–H and O–H groups in total. The van der Waals surface area contributed by atoms with E-state index in [0.717, 1.165) is 25.0 Å². The highest BCUT2D eigenvalue weighted by atomic mass is 32.1. The molecule has 0 aliphatic heterocycles. The number of nitrogens with one attached hydrogen (secondary N) is 3. The Bertz CT molecular complexity index is 597. The molecule has 23 heavy (non-hydrogen) atoms. The number of benzene rings is 1. The number of carbonyl (C=O) groups is 1. The lowest BCUT2D eigenvalue weighted by Crippen LogP contribution is -2.52. The molecule has 0 radical (unpaired) electrons. The van der Waals surface area contributed by atoms with Gasteiger partial charge >= 0.3 is 0 Å². The quantitative estimate of drug-likeness (QED) is 0.572. The predicted octanol–water partition coefficient (Wildman–Crippen LogP) is 2.90. The molecule has 0 bridgehead atoms. The highest BCUT2D eigenvalue weighted by molar-refractivity contribution is 7.80. The topological polar surface area (TPSA) is 53.2 Å². The first kappa shape index (κ1) is 17.6. The second-order valence-electron chi connectivity index (χ2n) is 6.05. The molecule has 0 aromatic heterocycles. The zero-order chi connectivity index (χ0) is 17.0. The predicted molar refractivity (Wildman–Crippen MR) is 88.7 cm³/mol. The van der Waals surface area contributed by atoms with Gasteiger partial charge in [-0.2, -0.15) is 0 Å². The number of hydrazine groups is 1. The summed E-state index contributed by atoms with van der Waals surface area (Å²) in [7, 11) is 0. The van der Waals surface area contributed by atoms with E-state index in [1.165, 1.54) is 6.42 Å². The van der Waals surface area contributed by atoms with Crippen LogP contribution >= 0.6 is 12.2 Å². The summed E-state index contributed by atoms with van der Waals surface area (Å²) in [5.74, 6) is -1.26. The third kappa shape index (κ3) is 4.60. The molecule has 2 rings (SSSR count). The first-order valence-electron chi connectivity index (χ1n) is 7.70. The lowest BCUT2D eigenvalue weighted by atomic mass is 9.78. The summed E-state index contributed by atoms with van der Waals surface area (Å²) in [6, 6.07) is 3.03. The van der Waals surface area contributed by atoms with Gasteiger partial charge < -0.3 is 5.32 Å². The Labute approximate surface area is 140 Å². The molecule has 0 saturated heterocycles. The van der Waals surface area contributed by atoms with Gasteiger partial charge in [0.15, 0.2) is 5.11 Å². The Hall–Kier alpha value is -1.76. The Balaban J connectivity index is 1.85. The van der Waals surface area contributed by atoms with Crippen molar-refractivity contribution in [2.24, 2.45) is 11.8 Å². The van der Waals surface area contributed by atoms with Crippen molar-refractivity contribution in [3.8, 4) is 0 Å². The van der Waals surface area contributed by atoms with Crippen molar-refractivity contribution >= 4 is 23.2 Å². The van der Waals surface area contributed by atoms with Crippen LogP contribution in [0.3, 0.4) is 0 Å². The summed E-state index contributed by atoms with van der Waals surface area (Å²) in [5, 5.41) is 3.47. The maximum absolute atomic E-state index is 13.5. The van der Waals surface area contributed by atoms with Crippen LogP contribution in [0.15, 0.2) is 18.2 Å². The summed E-state index contributed by atoms with van der Waals surface area (Å²) < 4.78 is 26.4. The minimum absolute atomic E-state index is 0.248. The average molecular weight is 341 g/mol. The molecule has 1 aliphatic rings.